The number of nitrogens with two attached hydrogens (primary N) is 1. The second kappa shape index (κ2) is 14.4. The minimum Gasteiger partial charge on any atom is -0.547 e. The van der Waals surface area contributed by atoms with Crippen LogP contribution < -0.4 is 10.4 Å². The van der Waals surface area contributed by atoms with E-state index in [1.165, 1.54) is 0 Å². The Morgan fingerprint density at radius 2 is 1.91 bits per heavy atom. The zero-order valence-corrected chi connectivity index (χ0v) is 25.9. The minimum atomic E-state index is -2.09. The number of carbonyl (C=O) groups is 1. The fourth-order valence-electron chi connectivity index (χ4n) is 8.04. The van der Waals surface area contributed by atoms with Gasteiger partial charge in [-0.05, 0) is 50.4 Å². The van der Waals surface area contributed by atoms with Crippen molar-refractivity contribution in [2.45, 2.75) is 120 Å². The monoisotopic (exact) mass is 624 g/mol. The molecule has 4 fully saturated rings. The number of carboxylic acid groups (broad SMARTS) is 1. The number of quaternary nitrogens is 1. The predicted molar refractivity (Wildman–Crippen MR) is 157 cm³/mol. The number of aliphatic carboxylic acids is 1. The normalized spacial score (nSPS) is 43.3. The Labute approximate surface area is 259 Å². The van der Waals surface area contributed by atoms with Gasteiger partial charge in [-0.25, -0.2) is 0 Å². The molecule has 8 N–H and O–H groups in total. The second-order valence-electron chi connectivity index (χ2n) is 14.1. The molecular formula is C32H52N2O10+2. The summed E-state index contributed by atoms with van der Waals surface area (Å²) in [6, 6.07) is 0. The fourth-order valence-corrected chi connectivity index (χ4v) is 8.04. The maximum absolute atomic E-state index is 11.8. The molecule has 3 aliphatic heterocycles. The molecule has 5 rings (SSSR count). The summed E-state index contributed by atoms with van der Waals surface area (Å²) >= 11 is 0. The summed E-state index contributed by atoms with van der Waals surface area (Å²) in [7, 11) is 0. The molecule has 0 aromatic heterocycles. The molecule has 3 heterocycles. The maximum atomic E-state index is 11.8. The molecule has 11 unspecified atom stereocenters. The van der Waals surface area contributed by atoms with Crippen LogP contribution in [0.3, 0.4) is 0 Å². The molecule has 12 heteroatoms. The highest BCUT2D eigenvalue weighted by Crippen LogP contribution is 2.43. The fraction of sp³-hybridized carbons (Fsp3) is 0.844. The lowest BCUT2D eigenvalue weighted by atomic mass is 9.69. The number of rotatable bonds is 11. The molecular weight excluding hydrogens is 572 g/mol. The minimum absolute atomic E-state index is 0.0195. The van der Waals surface area contributed by atoms with Gasteiger partial charge in [-0.3, -0.25) is 0 Å². The van der Waals surface area contributed by atoms with E-state index >= 15 is 0 Å². The van der Waals surface area contributed by atoms with Gasteiger partial charge in [0, 0.05) is 18.8 Å². The van der Waals surface area contributed by atoms with Crippen LogP contribution in [0.15, 0.2) is 16.6 Å². The van der Waals surface area contributed by atoms with Crippen LogP contribution in [0.25, 0.3) is 0 Å². The highest BCUT2D eigenvalue weighted by molar-refractivity contribution is 5.81. The summed E-state index contributed by atoms with van der Waals surface area (Å²) in [4.78, 5) is 15.9. The van der Waals surface area contributed by atoms with Crippen molar-refractivity contribution >= 4 is 12.2 Å². The zero-order valence-electron chi connectivity index (χ0n) is 25.9. The van der Waals surface area contributed by atoms with Crippen molar-refractivity contribution in [1.82, 2.24) is 0 Å². The van der Waals surface area contributed by atoms with Gasteiger partial charge in [0.1, 0.15) is 37.0 Å². The van der Waals surface area contributed by atoms with Crippen LogP contribution in [0.5, 0.6) is 0 Å². The van der Waals surface area contributed by atoms with Gasteiger partial charge in [0.25, 0.3) is 0 Å². The smallest absolute Gasteiger partial charge is 0.195 e. The van der Waals surface area contributed by atoms with E-state index in [0.717, 1.165) is 37.7 Å². The maximum Gasteiger partial charge on any atom is 0.195 e. The van der Waals surface area contributed by atoms with Gasteiger partial charge in [-0.2, -0.15) is 0 Å². The van der Waals surface area contributed by atoms with E-state index in [1.54, 1.807) is 6.54 Å². The van der Waals surface area contributed by atoms with Gasteiger partial charge in [0.15, 0.2) is 30.8 Å². The van der Waals surface area contributed by atoms with Crippen LogP contribution >= 0.6 is 0 Å². The van der Waals surface area contributed by atoms with Crippen molar-refractivity contribution in [1.29, 1.82) is 0 Å². The molecule has 248 valence electrons. The summed E-state index contributed by atoms with van der Waals surface area (Å²) in [5.41, 5.74) is -0.978. The lowest BCUT2D eigenvalue weighted by Gasteiger charge is -2.49. The Bertz CT molecular complexity index is 1030. The molecule has 2 saturated carbocycles. The number of carbonyl (C=O) groups excluding carboxylic acids is 1. The molecule has 12 nitrogen and oxygen atoms in total. The molecule has 11 atom stereocenters. The van der Waals surface area contributed by atoms with Crippen LogP contribution in [-0.4, -0.2) is 117 Å². The Morgan fingerprint density at radius 1 is 1.16 bits per heavy atom. The van der Waals surface area contributed by atoms with Crippen LogP contribution in [0.4, 0.5) is 0 Å². The van der Waals surface area contributed by atoms with Crippen molar-refractivity contribution in [3.63, 3.8) is 0 Å². The van der Waals surface area contributed by atoms with Gasteiger partial charge in [-0.1, -0.05) is 13.8 Å². The number of hydrogen-bond donors (Lipinski definition) is 6. The predicted octanol–water partition coefficient (Wildman–Crippen LogP) is -2.06. The summed E-state index contributed by atoms with van der Waals surface area (Å²) in [5, 5.41) is 68.3. The number of fused-ring (bicyclic) bond motifs is 1. The first-order chi connectivity index (χ1) is 21.0. The lowest BCUT2D eigenvalue weighted by Crippen LogP contribution is -2.93. The van der Waals surface area contributed by atoms with E-state index in [9.17, 15) is 35.4 Å². The Kier molecular flexibility index (Phi) is 11.1. The van der Waals surface area contributed by atoms with Crippen molar-refractivity contribution < 1.29 is 55.0 Å². The Hall–Kier alpha value is -1.61. The molecule has 0 radical (unpaired) electrons. The molecule has 0 bridgehead atoms. The number of aliphatic hydroxyl groups is 7. The van der Waals surface area contributed by atoms with Gasteiger partial charge >= 0.3 is 0 Å². The summed E-state index contributed by atoms with van der Waals surface area (Å²) in [6.07, 6.45) is 1.09. The van der Waals surface area contributed by atoms with Crippen molar-refractivity contribution in [2.75, 3.05) is 19.7 Å². The van der Waals surface area contributed by atoms with E-state index in [0.29, 0.717) is 44.2 Å². The first-order valence-electron chi connectivity index (χ1n) is 16.5. The largest absolute Gasteiger partial charge is 0.547 e. The van der Waals surface area contributed by atoms with Gasteiger partial charge < -0.3 is 55.0 Å². The van der Waals surface area contributed by atoms with Crippen LogP contribution in [-0.2, 0) is 14.3 Å². The van der Waals surface area contributed by atoms with E-state index in [-0.39, 0.29) is 36.5 Å². The molecule has 5 aliphatic rings. The average Bonchev–Trinajstić information content (AvgIpc) is 3.51. The molecule has 2 saturated heterocycles. The van der Waals surface area contributed by atoms with Crippen molar-refractivity contribution in [3.8, 4) is 0 Å². The van der Waals surface area contributed by atoms with Gasteiger partial charge in [-0.15, -0.1) is 4.99 Å². The second-order valence-corrected chi connectivity index (χ2v) is 14.1. The van der Waals surface area contributed by atoms with Crippen LogP contribution in [0.2, 0.25) is 0 Å². The number of aliphatic imine (C=N–C) groups is 1. The molecule has 0 amide bonds. The van der Waals surface area contributed by atoms with E-state index in [1.807, 2.05) is 17.6 Å². The highest BCUT2D eigenvalue weighted by atomic mass is 16.7. The number of allylic oxidation sites excluding steroid dienone is 1. The lowest BCUT2D eigenvalue weighted by molar-refractivity contribution is -0.680. The Morgan fingerprint density at radius 3 is 2.57 bits per heavy atom. The van der Waals surface area contributed by atoms with E-state index < -0.39 is 48.4 Å². The number of ether oxygens (including phenoxy) is 3. The third-order valence-corrected chi connectivity index (χ3v) is 11.0. The molecule has 0 aromatic rings. The third kappa shape index (κ3) is 7.34. The summed E-state index contributed by atoms with van der Waals surface area (Å²) in [6.45, 7) is 7.06. The van der Waals surface area contributed by atoms with E-state index in [4.69, 9.17) is 14.2 Å². The molecule has 0 aromatic carbocycles. The van der Waals surface area contributed by atoms with E-state index in [2.05, 4.69) is 18.8 Å². The van der Waals surface area contributed by atoms with Gasteiger partial charge in [0.2, 0.25) is 0 Å². The molecule has 44 heavy (non-hydrogen) atoms. The number of aliphatic hydroxyl groups excluding tert-OH is 4. The Balaban J connectivity index is 1.22. The summed E-state index contributed by atoms with van der Waals surface area (Å²) < 4.78 is 16.8. The van der Waals surface area contributed by atoms with Crippen LogP contribution in [0.1, 0.15) is 65.2 Å². The quantitative estimate of drug-likeness (QED) is 0.110. The first-order valence-corrected chi connectivity index (χ1v) is 16.5. The molecule has 2 aliphatic carbocycles. The first kappa shape index (κ1) is 33.7. The standard InChI is InChI=1S/C32H50N2O10/c1-17(2)20(11-18-9-10-33-13-18)14-34-16-32(41)29(38)27(37)28(30(39)40)44-31(32)43-22-7-8-23-25(12-22)42-15-24(26(23)36)19-3-5-21(35)6-4-19/h9-10,13,17,19-29,31,34-38,41H,3-8,11-12,14-16H2,1-2H3/p+2. The zero-order chi connectivity index (χ0) is 31.6. The SMILES string of the molecule is CC(C)C(C[NH2+]CC1(O)C(OC2CCC3C(C2)[OH+]CC(C2CCC(O)CC2)C3O)OC(C(=O)[O-])C(O)C1O)CC1=C[CH+]N=C1. The summed E-state index contributed by atoms with van der Waals surface area (Å²) in [5.74, 6) is -0.725. The van der Waals surface area contributed by atoms with Crippen LogP contribution in [0, 0.1) is 36.1 Å². The number of carboxylic acids is 1. The van der Waals surface area contributed by atoms with Crippen molar-refractivity contribution in [3.05, 3.63) is 18.2 Å². The number of hydrogen-bond acceptors (Lipinski definition) is 10. The molecule has 0 spiro atoms. The topological polar surface area (TPSA) is 202 Å². The van der Waals surface area contributed by atoms with Crippen molar-refractivity contribution in [2.24, 2.45) is 34.6 Å². The average molecular weight is 625 g/mol. The highest BCUT2D eigenvalue weighted by Gasteiger charge is 2.58. The number of nitrogens with zero attached hydrogens (tertiary/aromatic N) is 1. The third-order valence-electron chi connectivity index (χ3n) is 11.0. The van der Waals surface area contributed by atoms with Gasteiger partial charge in [0.05, 0.1) is 48.7 Å².